The lowest BCUT2D eigenvalue weighted by Crippen LogP contribution is -2.03. The van der Waals surface area contributed by atoms with Crippen LogP contribution in [0.3, 0.4) is 0 Å². The first kappa shape index (κ1) is 28.7. The van der Waals surface area contributed by atoms with Crippen molar-refractivity contribution >= 4 is 44.5 Å². The summed E-state index contributed by atoms with van der Waals surface area (Å²) in [6, 6.07) is 44.2. The fourth-order valence-electron chi connectivity index (χ4n) is 4.63. The minimum absolute atomic E-state index is 0.151. The third-order valence-electron chi connectivity index (χ3n) is 6.91. The largest absolute Gasteiger partial charge is 0.497 e. The van der Waals surface area contributed by atoms with Crippen LogP contribution < -0.4 is 9.47 Å². The minimum atomic E-state index is -0.240. The molecule has 0 amide bonds. The molecule has 0 fully saturated rings. The zero-order valence-electron chi connectivity index (χ0n) is 24.0. The second-order valence-electron chi connectivity index (χ2n) is 9.83. The standard InChI is InChI=1S/C36H32O2S4/c1-25-5-13-29(14-6-25)41(30-15-7-26(2)8-16-30)35-23-21-33(39-35)34-22-24-36(40-34)42(31-17-9-27(37-3)10-18-31)32-19-11-28(38-4)12-20-32/h5-24H,1-4H3/q+2. The van der Waals surface area contributed by atoms with Crippen LogP contribution in [0, 0.1) is 13.8 Å². The van der Waals surface area contributed by atoms with Crippen LogP contribution in [0.4, 0.5) is 0 Å². The first-order chi connectivity index (χ1) is 20.5. The molecule has 4 aromatic carbocycles. The predicted octanol–water partition coefficient (Wildman–Crippen LogP) is 10.3. The molecule has 0 spiro atoms. The molecule has 6 heteroatoms. The molecular formula is C36H32O2S4+2. The number of methoxy groups -OCH3 is 2. The van der Waals surface area contributed by atoms with Crippen LogP contribution >= 0.6 is 22.7 Å². The van der Waals surface area contributed by atoms with Crippen molar-refractivity contribution in [2.45, 2.75) is 41.8 Å². The highest BCUT2D eigenvalue weighted by molar-refractivity contribution is 7.99. The van der Waals surface area contributed by atoms with E-state index in [1.807, 2.05) is 22.7 Å². The van der Waals surface area contributed by atoms with Crippen molar-refractivity contribution in [1.82, 2.24) is 0 Å². The first-order valence-corrected chi connectivity index (χ1v) is 17.7. The molecule has 0 unspecified atom stereocenters. The Kier molecular flexibility index (Phi) is 8.77. The lowest BCUT2D eigenvalue weighted by Gasteiger charge is -2.07. The summed E-state index contributed by atoms with van der Waals surface area (Å²) in [6.07, 6.45) is 0. The minimum Gasteiger partial charge on any atom is -0.497 e. The van der Waals surface area contributed by atoms with Crippen LogP contribution in [0.25, 0.3) is 9.75 Å². The summed E-state index contributed by atoms with van der Waals surface area (Å²) in [5.41, 5.74) is 2.57. The second kappa shape index (κ2) is 12.8. The van der Waals surface area contributed by atoms with Crippen LogP contribution in [0.1, 0.15) is 11.1 Å². The van der Waals surface area contributed by atoms with Gasteiger partial charge in [0.1, 0.15) is 33.3 Å². The molecule has 6 rings (SSSR count). The number of rotatable bonds is 9. The van der Waals surface area contributed by atoms with Gasteiger partial charge in [-0.05, 0) is 98.8 Å². The van der Waals surface area contributed by atoms with Gasteiger partial charge in [0.15, 0.2) is 19.6 Å². The quantitative estimate of drug-likeness (QED) is 0.149. The number of benzene rings is 4. The molecule has 6 aromatic rings. The summed E-state index contributed by atoms with van der Waals surface area (Å²) >= 11 is 3.80. The van der Waals surface area contributed by atoms with E-state index in [0.717, 1.165) is 11.5 Å². The average Bonchev–Trinajstić information content (AvgIpc) is 3.71. The van der Waals surface area contributed by atoms with E-state index in [2.05, 4.69) is 135 Å². The molecule has 0 aliphatic carbocycles. The Hall–Kier alpha value is -3.42. The predicted molar refractivity (Wildman–Crippen MR) is 180 cm³/mol. The number of hydrogen-bond acceptors (Lipinski definition) is 4. The van der Waals surface area contributed by atoms with Crippen LogP contribution in [0.15, 0.2) is 149 Å². The van der Waals surface area contributed by atoms with Crippen LogP contribution in [0.2, 0.25) is 0 Å². The van der Waals surface area contributed by atoms with Crippen LogP contribution in [-0.2, 0) is 21.8 Å². The monoisotopic (exact) mass is 624 g/mol. The normalized spacial score (nSPS) is 11.3. The molecule has 0 saturated carbocycles. The average molecular weight is 625 g/mol. The molecule has 0 aliphatic heterocycles. The van der Waals surface area contributed by atoms with Crippen molar-refractivity contribution < 1.29 is 9.47 Å². The molecule has 0 saturated heterocycles. The van der Waals surface area contributed by atoms with Crippen LogP contribution in [-0.4, -0.2) is 14.2 Å². The Morgan fingerprint density at radius 1 is 0.405 bits per heavy atom. The smallest absolute Gasteiger partial charge is 0.220 e. The van der Waals surface area contributed by atoms with Crippen molar-refractivity contribution in [3.05, 3.63) is 132 Å². The van der Waals surface area contributed by atoms with E-state index in [-0.39, 0.29) is 21.8 Å². The molecule has 2 nitrogen and oxygen atoms in total. The fourth-order valence-corrected chi connectivity index (χ4v) is 12.1. The molecule has 210 valence electrons. The lowest BCUT2D eigenvalue weighted by molar-refractivity contribution is 0.414. The summed E-state index contributed by atoms with van der Waals surface area (Å²) in [5, 5.41) is 0. The van der Waals surface area contributed by atoms with Gasteiger partial charge in [-0.3, -0.25) is 0 Å². The number of hydrogen-bond donors (Lipinski definition) is 0. The Balaban J connectivity index is 1.37. The van der Waals surface area contributed by atoms with Crippen LogP contribution in [0.5, 0.6) is 11.5 Å². The third-order valence-corrected chi connectivity index (χ3v) is 14.4. The zero-order chi connectivity index (χ0) is 29.1. The van der Waals surface area contributed by atoms with Gasteiger partial charge in [0, 0.05) is 21.9 Å². The lowest BCUT2D eigenvalue weighted by atomic mass is 10.2. The van der Waals surface area contributed by atoms with Crippen molar-refractivity contribution in [3.63, 3.8) is 0 Å². The third kappa shape index (κ3) is 6.18. The first-order valence-electron chi connectivity index (χ1n) is 13.6. The van der Waals surface area contributed by atoms with Gasteiger partial charge in [0.2, 0.25) is 8.42 Å². The van der Waals surface area contributed by atoms with Gasteiger partial charge in [-0.15, -0.1) is 0 Å². The van der Waals surface area contributed by atoms with E-state index >= 15 is 0 Å². The molecule has 0 N–H and O–H groups in total. The van der Waals surface area contributed by atoms with E-state index in [0.29, 0.717) is 0 Å². The highest BCUT2D eigenvalue weighted by Gasteiger charge is 2.33. The highest BCUT2D eigenvalue weighted by Crippen LogP contribution is 2.44. The summed E-state index contributed by atoms with van der Waals surface area (Å²) in [6.45, 7) is 4.30. The van der Waals surface area contributed by atoms with Crippen molar-refractivity contribution in [2.24, 2.45) is 0 Å². The Morgan fingerprint density at radius 2 is 0.714 bits per heavy atom. The Morgan fingerprint density at radius 3 is 1.02 bits per heavy atom. The maximum atomic E-state index is 5.44. The fraction of sp³-hybridized carbons (Fsp3) is 0.111. The molecule has 0 radical (unpaired) electrons. The second-order valence-corrected chi connectivity index (χ2v) is 16.5. The maximum absolute atomic E-state index is 5.44. The number of aryl methyl sites for hydroxylation is 2. The zero-order valence-corrected chi connectivity index (χ0v) is 27.3. The molecule has 2 aromatic heterocycles. The van der Waals surface area contributed by atoms with Gasteiger partial charge in [0.05, 0.1) is 14.2 Å². The topological polar surface area (TPSA) is 18.5 Å². The van der Waals surface area contributed by atoms with Gasteiger partial charge in [-0.25, -0.2) is 0 Å². The van der Waals surface area contributed by atoms with Gasteiger partial charge in [0.25, 0.3) is 0 Å². The summed E-state index contributed by atoms with van der Waals surface area (Å²) in [7, 11) is 3.03. The SMILES string of the molecule is COc1ccc([S+](c2ccc(OC)cc2)c2ccc(-c3ccc([S+](c4ccc(C)cc4)c4ccc(C)cc4)s3)s2)cc1. The van der Waals surface area contributed by atoms with E-state index in [9.17, 15) is 0 Å². The molecule has 0 atom stereocenters. The van der Waals surface area contributed by atoms with Crippen molar-refractivity contribution in [1.29, 1.82) is 0 Å². The summed E-state index contributed by atoms with van der Waals surface area (Å²) in [5.74, 6) is 1.74. The van der Waals surface area contributed by atoms with Gasteiger partial charge < -0.3 is 9.47 Å². The van der Waals surface area contributed by atoms with Crippen molar-refractivity contribution in [2.75, 3.05) is 14.2 Å². The van der Waals surface area contributed by atoms with E-state index < -0.39 is 0 Å². The van der Waals surface area contributed by atoms with Gasteiger partial charge in [-0.2, -0.15) is 0 Å². The Labute approximate surface area is 262 Å². The maximum Gasteiger partial charge on any atom is 0.220 e. The van der Waals surface area contributed by atoms with E-state index in [1.165, 1.54) is 48.9 Å². The molecular weight excluding hydrogens is 593 g/mol. The summed E-state index contributed by atoms with van der Waals surface area (Å²) < 4.78 is 13.6. The highest BCUT2D eigenvalue weighted by atomic mass is 32.2. The van der Waals surface area contributed by atoms with Gasteiger partial charge >= 0.3 is 0 Å². The Bertz CT molecular complexity index is 1660. The molecule has 2 heterocycles. The molecule has 0 bridgehead atoms. The molecule has 42 heavy (non-hydrogen) atoms. The number of thiophene rings is 2. The summed E-state index contributed by atoms with van der Waals surface area (Å²) in [4.78, 5) is 7.85. The van der Waals surface area contributed by atoms with E-state index in [1.54, 1.807) is 14.2 Å². The van der Waals surface area contributed by atoms with E-state index in [4.69, 9.17) is 9.47 Å². The number of ether oxygens (including phenoxy) is 2. The van der Waals surface area contributed by atoms with Gasteiger partial charge in [-0.1, -0.05) is 58.1 Å². The van der Waals surface area contributed by atoms with Crippen molar-refractivity contribution in [3.8, 4) is 21.3 Å². The molecule has 0 aliphatic rings.